The lowest BCUT2D eigenvalue weighted by molar-refractivity contribution is 0.0800. The first-order valence-corrected chi connectivity index (χ1v) is 7.37. The van der Waals surface area contributed by atoms with E-state index in [1.165, 1.54) is 25.7 Å². The van der Waals surface area contributed by atoms with Gasteiger partial charge in [-0.25, -0.2) is 0 Å². The predicted molar refractivity (Wildman–Crippen MR) is 68.4 cm³/mol. The maximum Gasteiger partial charge on any atom is 0.0833 e. The summed E-state index contributed by atoms with van der Waals surface area (Å²) in [5.74, 6) is 1.74. The van der Waals surface area contributed by atoms with Crippen LogP contribution in [-0.4, -0.2) is 35.3 Å². The SMILES string of the molecule is CSCC(C)(O)CNC(C)CC1CCC1. The second-order valence-electron chi connectivity index (χ2n) is 5.24. The van der Waals surface area contributed by atoms with E-state index in [0.29, 0.717) is 12.6 Å². The van der Waals surface area contributed by atoms with E-state index in [1.54, 1.807) is 11.8 Å². The van der Waals surface area contributed by atoms with Gasteiger partial charge in [0.25, 0.3) is 0 Å². The van der Waals surface area contributed by atoms with Crippen molar-refractivity contribution in [3.8, 4) is 0 Å². The van der Waals surface area contributed by atoms with Crippen LogP contribution in [0.3, 0.4) is 0 Å². The van der Waals surface area contributed by atoms with Crippen molar-refractivity contribution in [2.75, 3.05) is 18.6 Å². The van der Waals surface area contributed by atoms with Crippen LogP contribution < -0.4 is 5.32 Å². The van der Waals surface area contributed by atoms with Crippen molar-refractivity contribution in [3.63, 3.8) is 0 Å². The molecule has 0 bridgehead atoms. The Morgan fingerprint density at radius 2 is 2.20 bits per heavy atom. The van der Waals surface area contributed by atoms with E-state index in [4.69, 9.17) is 0 Å². The molecular formula is C12H25NOS. The fraction of sp³-hybridized carbons (Fsp3) is 1.00. The molecule has 0 saturated heterocycles. The lowest BCUT2D eigenvalue weighted by Gasteiger charge is -2.30. The molecule has 1 fully saturated rings. The molecule has 1 rings (SSSR count). The minimum absolute atomic E-state index is 0.545. The Morgan fingerprint density at radius 1 is 1.53 bits per heavy atom. The third-order valence-corrected chi connectivity index (χ3v) is 4.11. The third-order valence-electron chi connectivity index (χ3n) is 3.20. The normalized spacial score (nSPS) is 23.2. The molecule has 0 aliphatic heterocycles. The monoisotopic (exact) mass is 231 g/mol. The lowest BCUT2D eigenvalue weighted by Crippen LogP contribution is -2.44. The van der Waals surface area contributed by atoms with E-state index in [-0.39, 0.29) is 0 Å². The predicted octanol–water partition coefficient (Wildman–Crippen LogP) is 2.27. The van der Waals surface area contributed by atoms with Crippen LogP contribution in [0, 0.1) is 5.92 Å². The minimum atomic E-state index is -0.562. The van der Waals surface area contributed by atoms with Gasteiger partial charge in [-0.1, -0.05) is 19.3 Å². The molecule has 0 spiro atoms. The molecule has 1 aliphatic rings. The van der Waals surface area contributed by atoms with Crippen LogP contribution in [0.25, 0.3) is 0 Å². The van der Waals surface area contributed by atoms with Crippen LogP contribution in [0.2, 0.25) is 0 Å². The Hall–Kier alpha value is 0.270. The number of hydrogen-bond donors (Lipinski definition) is 2. The Labute approximate surface area is 98.2 Å². The summed E-state index contributed by atoms with van der Waals surface area (Å²) in [4.78, 5) is 0. The number of nitrogens with one attached hydrogen (secondary N) is 1. The molecule has 2 N–H and O–H groups in total. The maximum atomic E-state index is 9.99. The summed E-state index contributed by atoms with van der Waals surface area (Å²) < 4.78 is 0. The molecule has 0 aromatic carbocycles. The van der Waals surface area contributed by atoms with Gasteiger partial charge < -0.3 is 10.4 Å². The highest BCUT2D eigenvalue weighted by atomic mass is 32.2. The standard InChI is InChI=1S/C12H25NOS/c1-10(7-11-5-4-6-11)13-8-12(2,14)9-15-3/h10-11,13-14H,4-9H2,1-3H3. The molecule has 0 radical (unpaired) electrons. The molecule has 0 amide bonds. The zero-order chi connectivity index (χ0) is 11.3. The van der Waals surface area contributed by atoms with Crippen molar-refractivity contribution in [1.29, 1.82) is 0 Å². The van der Waals surface area contributed by atoms with Crippen molar-refractivity contribution in [3.05, 3.63) is 0 Å². The molecule has 3 heteroatoms. The number of aliphatic hydroxyl groups is 1. The molecule has 1 aliphatic carbocycles. The summed E-state index contributed by atoms with van der Waals surface area (Å²) in [5, 5.41) is 13.4. The zero-order valence-corrected chi connectivity index (χ0v) is 11.1. The van der Waals surface area contributed by atoms with Gasteiger partial charge in [0.05, 0.1) is 5.60 Å². The van der Waals surface area contributed by atoms with Crippen LogP contribution in [0.5, 0.6) is 0 Å². The Kier molecular flexibility index (Phi) is 5.44. The fourth-order valence-corrected chi connectivity index (χ4v) is 2.79. The van der Waals surface area contributed by atoms with Gasteiger partial charge in [0.2, 0.25) is 0 Å². The van der Waals surface area contributed by atoms with Gasteiger partial charge in [-0.05, 0) is 32.4 Å². The topological polar surface area (TPSA) is 32.3 Å². The van der Waals surface area contributed by atoms with Gasteiger partial charge in [0, 0.05) is 18.3 Å². The molecule has 2 unspecified atom stereocenters. The fourth-order valence-electron chi connectivity index (χ4n) is 2.07. The quantitative estimate of drug-likeness (QED) is 0.705. The van der Waals surface area contributed by atoms with Gasteiger partial charge in [-0.2, -0.15) is 11.8 Å². The van der Waals surface area contributed by atoms with Crippen molar-refractivity contribution >= 4 is 11.8 Å². The largest absolute Gasteiger partial charge is 0.388 e. The average Bonchev–Trinajstić information content (AvgIpc) is 2.08. The molecule has 1 saturated carbocycles. The van der Waals surface area contributed by atoms with E-state index in [9.17, 15) is 5.11 Å². The molecule has 2 atom stereocenters. The van der Waals surface area contributed by atoms with Crippen molar-refractivity contribution in [1.82, 2.24) is 5.32 Å². The van der Waals surface area contributed by atoms with Gasteiger partial charge in [-0.3, -0.25) is 0 Å². The highest BCUT2D eigenvalue weighted by Crippen LogP contribution is 2.30. The van der Waals surface area contributed by atoms with Gasteiger partial charge in [0.1, 0.15) is 0 Å². The van der Waals surface area contributed by atoms with E-state index >= 15 is 0 Å². The number of thioether (sulfide) groups is 1. The van der Waals surface area contributed by atoms with Crippen molar-refractivity contribution in [2.24, 2.45) is 5.92 Å². The molecule has 90 valence electrons. The lowest BCUT2D eigenvalue weighted by atomic mass is 9.81. The van der Waals surface area contributed by atoms with E-state index in [1.807, 2.05) is 13.2 Å². The van der Waals surface area contributed by atoms with E-state index in [0.717, 1.165) is 11.7 Å². The van der Waals surface area contributed by atoms with Crippen molar-refractivity contribution < 1.29 is 5.11 Å². The Bertz CT molecular complexity index is 180. The molecule has 0 aromatic rings. The van der Waals surface area contributed by atoms with Crippen LogP contribution in [0.1, 0.15) is 39.5 Å². The molecular weight excluding hydrogens is 206 g/mol. The zero-order valence-electron chi connectivity index (χ0n) is 10.3. The maximum absolute atomic E-state index is 9.99. The number of hydrogen-bond acceptors (Lipinski definition) is 3. The van der Waals surface area contributed by atoms with Crippen molar-refractivity contribution in [2.45, 2.75) is 51.2 Å². The average molecular weight is 231 g/mol. The van der Waals surface area contributed by atoms with E-state index < -0.39 is 5.60 Å². The van der Waals surface area contributed by atoms with Crippen LogP contribution >= 0.6 is 11.8 Å². The Balaban J connectivity index is 2.11. The van der Waals surface area contributed by atoms with Crippen LogP contribution in [0.4, 0.5) is 0 Å². The smallest absolute Gasteiger partial charge is 0.0833 e. The molecule has 15 heavy (non-hydrogen) atoms. The summed E-state index contributed by atoms with van der Waals surface area (Å²) >= 11 is 1.70. The van der Waals surface area contributed by atoms with Crippen LogP contribution in [-0.2, 0) is 0 Å². The third kappa shape index (κ3) is 5.23. The molecule has 0 aromatic heterocycles. The first-order valence-electron chi connectivity index (χ1n) is 5.98. The summed E-state index contributed by atoms with van der Waals surface area (Å²) in [6, 6.07) is 0.545. The highest BCUT2D eigenvalue weighted by Gasteiger charge is 2.23. The summed E-state index contributed by atoms with van der Waals surface area (Å²) in [7, 11) is 0. The van der Waals surface area contributed by atoms with Gasteiger partial charge in [0.15, 0.2) is 0 Å². The second kappa shape index (κ2) is 6.12. The summed E-state index contributed by atoms with van der Waals surface area (Å²) in [6.07, 6.45) is 7.55. The Morgan fingerprint density at radius 3 is 2.67 bits per heavy atom. The van der Waals surface area contributed by atoms with Gasteiger partial charge >= 0.3 is 0 Å². The highest BCUT2D eigenvalue weighted by molar-refractivity contribution is 7.98. The second-order valence-corrected chi connectivity index (χ2v) is 6.11. The molecule has 2 nitrogen and oxygen atoms in total. The minimum Gasteiger partial charge on any atom is -0.388 e. The van der Waals surface area contributed by atoms with Crippen LogP contribution in [0.15, 0.2) is 0 Å². The number of rotatable bonds is 7. The first-order chi connectivity index (χ1) is 7.03. The summed E-state index contributed by atoms with van der Waals surface area (Å²) in [6.45, 7) is 4.85. The van der Waals surface area contributed by atoms with Gasteiger partial charge in [-0.15, -0.1) is 0 Å². The summed E-state index contributed by atoms with van der Waals surface area (Å²) in [5.41, 5.74) is -0.562. The van der Waals surface area contributed by atoms with E-state index in [2.05, 4.69) is 12.2 Å². The first kappa shape index (κ1) is 13.3. The molecule has 0 heterocycles.